The highest BCUT2D eigenvalue weighted by atomic mass is 16.5. The molecular formula is C19H23N6O3+. The molecule has 3 heterocycles. The summed E-state index contributed by atoms with van der Waals surface area (Å²) in [6, 6.07) is 5.22. The molecular weight excluding hydrogens is 360 g/mol. The number of benzene rings is 1. The predicted molar refractivity (Wildman–Crippen MR) is 104 cm³/mol. The number of ether oxygens (including phenoxy) is 2. The zero-order chi connectivity index (χ0) is 19.5. The minimum atomic E-state index is -0.170. The van der Waals surface area contributed by atoms with Gasteiger partial charge in [-0.3, -0.25) is 4.79 Å². The molecule has 1 aliphatic rings. The zero-order valence-corrected chi connectivity index (χ0v) is 15.9. The maximum atomic E-state index is 12.5. The molecule has 1 aliphatic heterocycles. The number of piperazine rings is 1. The summed E-state index contributed by atoms with van der Waals surface area (Å²) in [6.07, 6.45) is 3.52. The van der Waals surface area contributed by atoms with Crippen molar-refractivity contribution in [1.29, 1.82) is 0 Å². The van der Waals surface area contributed by atoms with Gasteiger partial charge in [0.05, 0.1) is 51.3 Å². The first-order valence-corrected chi connectivity index (χ1v) is 9.18. The molecule has 2 aromatic heterocycles. The number of aromatic nitrogens is 4. The fraction of sp³-hybridized carbons (Fsp3) is 0.368. The van der Waals surface area contributed by atoms with Gasteiger partial charge < -0.3 is 24.3 Å². The van der Waals surface area contributed by atoms with Crippen LogP contribution in [0.15, 0.2) is 35.4 Å². The van der Waals surface area contributed by atoms with E-state index < -0.39 is 0 Å². The van der Waals surface area contributed by atoms with Crippen LogP contribution < -0.4 is 24.8 Å². The Balaban J connectivity index is 1.50. The Hall–Kier alpha value is -3.20. The summed E-state index contributed by atoms with van der Waals surface area (Å²) < 4.78 is 10.6. The van der Waals surface area contributed by atoms with E-state index >= 15 is 0 Å². The predicted octanol–water partition coefficient (Wildman–Crippen LogP) is -0.365. The van der Waals surface area contributed by atoms with Crippen LogP contribution in [0, 0.1) is 0 Å². The maximum absolute atomic E-state index is 12.5. The van der Waals surface area contributed by atoms with Crippen molar-refractivity contribution in [1.82, 2.24) is 19.9 Å². The number of quaternary nitrogens is 1. The van der Waals surface area contributed by atoms with Gasteiger partial charge in [0.1, 0.15) is 6.54 Å². The summed E-state index contributed by atoms with van der Waals surface area (Å²) in [6.45, 7) is 4.23. The molecule has 1 saturated heterocycles. The van der Waals surface area contributed by atoms with E-state index in [1.807, 2.05) is 6.07 Å². The molecule has 0 aliphatic carbocycles. The highest BCUT2D eigenvalue weighted by molar-refractivity contribution is 5.81. The lowest BCUT2D eigenvalue weighted by Gasteiger charge is -2.31. The van der Waals surface area contributed by atoms with Crippen molar-refractivity contribution >= 4 is 16.9 Å². The summed E-state index contributed by atoms with van der Waals surface area (Å²) in [5.41, 5.74) is 0.434. The summed E-state index contributed by atoms with van der Waals surface area (Å²) in [5.74, 6) is 2.51. The van der Waals surface area contributed by atoms with Crippen molar-refractivity contribution in [3.63, 3.8) is 0 Å². The van der Waals surface area contributed by atoms with Crippen molar-refractivity contribution in [2.75, 3.05) is 45.3 Å². The fourth-order valence-corrected chi connectivity index (χ4v) is 3.49. The first kappa shape index (κ1) is 18.2. The molecule has 9 nitrogen and oxygen atoms in total. The van der Waals surface area contributed by atoms with Gasteiger partial charge in [-0.25, -0.2) is 15.0 Å². The normalized spacial score (nSPS) is 15.0. The van der Waals surface area contributed by atoms with Crippen LogP contribution in [0.3, 0.4) is 0 Å². The van der Waals surface area contributed by atoms with Gasteiger partial charge in [-0.2, -0.15) is 0 Å². The first-order valence-electron chi connectivity index (χ1n) is 9.18. The van der Waals surface area contributed by atoms with E-state index in [1.54, 1.807) is 38.7 Å². The average molecular weight is 383 g/mol. The van der Waals surface area contributed by atoms with E-state index in [2.05, 4.69) is 24.8 Å². The summed E-state index contributed by atoms with van der Waals surface area (Å²) in [5, 5.41) is 0.488. The lowest BCUT2D eigenvalue weighted by Crippen LogP contribution is -3.13. The number of methoxy groups -OCH3 is 2. The molecule has 0 amide bonds. The number of fused-ring (bicyclic) bond motifs is 1. The molecule has 3 aromatic rings. The molecule has 0 atom stereocenters. The lowest BCUT2D eigenvalue weighted by atomic mass is 10.2. The molecule has 0 saturated carbocycles. The molecule has 146 valence electrons. The van der Waals surface area contributed by atoms with Gasteiger partial charge in [-0.15, -0.1) is 0 Å². The van der Waals surface area contributed by atoms with E-state index in [0.717, 1.165) is 32.1 Å². The summed E-state index contributed by atoms with van der Waals surface area (Å²) >= 11 is 0. The van der Waals surface area contributed by atoms with Gasteiger partial charge in [-0.05, 0) is 12.1 Å². The number of anilines is 1. The minimum Gasteiger partial charge on any atom is -0.493 e. The topological polar surface area (TPSA) is 97.7 Å². The van der Waals surface area contributed by atoms with E-state index in [-0.39, 0.29) is 5.56 Å². The molecule has 9 heteroatoms. The van der Waals surface area contributed by atoms with E-state index in [1.165, 1.54) is 4.90 Å². The highest BCUT2D eigenvalue weighted by Gasteiger charge is 2.23. The molecule has 2 N–H and O–H groups in total. The summed E-state index contributed by atoms with van der Waals surface area (Å²) in [4.78, 5) is 32.2. The van der Waals surface area contributed by atoms with E-state index in [9.17, 15) is 4.79 Å². The molecule has 0 bridgehead atoms. The first-order chi connectivity index (χ1) is 13.7. The molecule has 4 rings (SSSR count). The van der Waals surface area contributed by atoms with Crippen LogP contribution in [0.25, 0.3) is 10.9 Å². The van der Waals surface area contributed by atoms with Crippen molar-refractivity contribution in [3.8, 4) is 11.5 Å². The van der Waals surface area contributed by atoms with E-state index in [0.29, 0.717) is 34.8 Å². The Morgan fingerprint density at radius 2 is 1.79 bits per heavy atom. The number of hydrogen-bond donors (Lipinski definition) is 2. The van der Waals surface area contributed by atoms with Crippen molar-refractivity contribution in [2.45, 2.75) is 6.54 Å². The Morgan fingerprint density at radius 1 is 1.11 bits per heavy atom. The third-order valence-corrected chi connectivity index (χ3v) is 4.98. The number of H-pyrrole nitrogens is 1. The van der Waals surface area contributed by atoms with Crippen LogP contribution in [-0.4, -0.2) is 60.3 Å². The molecule has 28 heavy (non-hydrogen) atoms. The van der Waals surface area contributed by atoms with Crippen molar-refractivity contribution in [2.24, 2.45) is 0 Å². The monoisotopic (exact) mass is 383 g/mol. The quantitative estimate of drug-likeness (QED) is 0.621. The molecule has 0 unspecified atom stereocenters. The van der Waals surface area contributed by atoms with Gasteiger partial charge in [0.25, 0.3) is 5.56 Å². The van der Waals surface area contributed by atoms with Crippen LogP contribution in [0.1, 0.15) is 5.82 Å². The molecule has 1 aromatic carbocycles. The van der Waals surface area contributed by atoms with Gasteiger partial charge in [0.15, 0.2) is 17.3 Å². The number of nitrogens with one attached hydrogen (secondary N) is 2. The van der Waals surface area contributed by atoms with Gasteiger partial charge in [0, 0.05) is 18.5 Å². The largest absolute Gasteiger partial charge is 0.493 e. The van der Waals surface area contributed by atoms with Gasteiger partial charge in [0.2, 0.25) is 5.95 Å². The second kappa shape index (κ2) is 7.81. The lowest BCUT2D eigenvalue weighted by molar-refractivity contribution is -0.915. The number of hydrogen-bond acceptors (Lipinski definition) is 7. The Morgan fingerprint density at radius 3 is 2.46 bits per heavy atom. The van der Waals surface area contributed by atoms with Crippen LogP contribution in [0.2, 0.25) is 0 Å². The van der Waals surface area contributed by atoms with Crippen LogP contribution in [-0.2, 0) is 6.54 Å². The molecule has 1 fully saturated rings. The second-order valence-electron chi connectivity index (χ2n) is 6.70. The third kappa shape index (κ3) is 3.61. The highest BCUT2D eigenvalue weighted by Crippen LogP contribution is 2.29. The average Bonchev–Trinajstić information content (AvgIpc) is 2.74. The van der Waals surface area contributed by atoms with Crippen LogP contribution in [0.4, 0.5) is 5.95 Å². The number of aromatic amines is 1. The third-order valence-electron chi connectivity index (χ3n) is 4.98. The Labute approximate surface area is 162 Å². The fourth-order valence-electron chi connectivity index (χ4n) is 3.49. The van der Waals surface area contributed by atoms with Gasteiger partial charge in [-0.1, -0.05) is 0 Å². The molecule has 0 spiro atoms. The Bertz CT molecular complexity index is 1020. The van der Waals surface area contributed by atoms with Crippen LogP contribution >= 0.6 is 0 Å². The van der Waals surface area contributed by atoms with Gasteiger partial charge >= 0.3 is 0 Å². The van der Waals surface area contributed by atoms with Crippen molar-refractivity contribution < 1.29 is 14.4 Å². The zero-order valence-electron chi connectivity index (χ0n) is 15.9. The van der Waals surface area contributed by atoms with Crippen molar-refractivity contribution in [3.05, 3.63) is 46.8 Å². The second-order valence-corrected chi connectivity index (χ2v) is 6.70. The Kier molecular flexibility index (Phi) is 5.07. The minimum absolute atomic E-state index is 0.170. The standard InChI is InChI=1S/C19H22N6O3/c1-27-15-10-13-14(11-16(15)28-2)22-17(23-18(13)26)12-24-6-8-25(9-7-24)19-20-4-3-5-21-19/h3-5,10-11H,6-9,12H2,1-2H3,(H,22,23,26)/p+1. The maximum Gasteiger partial charge on any atom is 0.259 e. The van der Waals surface area contributed by atoms with E-state index in [4.69, 9.17) is 9.47 Å². The number of rotatable bonds is 5. The smallest absolute Gasteiger partial charge is 0.259 e. The SMILES string of the molecule is COc1cc2nc(C[NH+]3CCN(c4ncccn4)CC3)[nH]c(=O)c2cc1OC. The summed E-state index contributed by atoms with van der Waals surface area (Å²) in [7, 11) is 3.11. The number of nitrogens with zero attached hydrogens (tertiary/aromatic N) is 4. The van der Waals surface area contributed by atoms with Crippen LogP contribution in [0.5, 0.6) is 11.5 Å². The molecule has 0 radical (unpaired) electrons.